The first kappa shape index (κ1) is 19.7. The summed E-state index contributed by atoms with van der Waals surface area (Å²) in [7, 11) is 1.62. The molecule has 3 amide bonds. The summed E-state index contributed by atoms with van der Waals surface area (Å²) >= 11 is 0. The average Bonchev–Trinajstić information content (AvgIpc) is 2.73. The van der Waals surface area contributed by atoms with Crippen LogP contribution in [0, 0.1) is 0 Å². The van der Waals surface area contributed by atoms with E-state index in [1.807, 2.05) is 47.4 Å². The van der Waals surface area contributed by atoms with Crippen LogP contribution < -0.4 is 20.7 Å². The number of carbonyl (C=O) groups excluding carboxylic acids is 2. The minimum atomic E-state index is -0.654. The monoisotopic (exact) mass is 382 g/mol. The molecule has 1 aliphatic rings. The first-order valence-corrected chi connectivity index (χ1v) is 9.37. The molecule has 7 nitrogen and oxygen atoms in total. The molecular weight excluding hydrogens is 356 g/mol. The van der Waals surface area contributed by atoms with E-state index < -0.39 is 12.1 Å². The summed E-state index contributed by atoms with van der Waals surface area (Å²) < 4.78 is 5.47. The molecule has 1 saturated heterocycles. The van der Waals surface area contributed by atoms with Gasteiger partial charge in [0, 0.05) is 30.9 Å². The number of ether oxygens (including phenoxy) is 1. The average molecular weight is 382 g/mol. The largest absolute Gasteiger partial charge is 0.496 e. The van der Waals surface area contributed by atoms with Gasteiger partial charge in [0.25, 0.3) is 0 Å². The zero-order chi connectivity index (χ0) is 19.9. The van der Waals surface area contributed by atoms with Crippen LogP contribution in [0.3, 0.4) is 0 Å². The maximum absolute atomic E-state index is 13.1. The Balaban J connectivity index is 1.69. The van der Waals surface area contributed by atoms with Gasteiger partial charge in [-0.1, -0.05) is 36.4 Å². The highest BCUT2D eigenvalue weighted by Gasteiger charge is 2.32. The van der Waals surface area contributed by atoms with Crippen LogP contribution in [0.1, 0.15) is 18.5 Å². The molecule has 1 heterocycles. The summed E-state index contributed by atoms with van der Waals surface area (Å²) in [6.45, 7) is 3.61. The van der Waals surface area contributed by atoms with Gasteiger partial charge in [-0.15, -0.1) is 0 Å². The number of hydrogen-bond donors (Lipinski definition) is 3. The van der Waals surface area contributed by atoms with Crippen LogP contribution in [0.5, 0.6) is 5.75 Å². The molecule has 0 aromatic heterocycles. The van der Waals surface area contributed by atoms with Crippen molar-refractivity contribution in [3.8, 4) is 5.75 Å². The number of hydrogen-bond acceptors (Lipinski definition) is 4. The Morgan fingerprint density at radius 2 is 1.86 bits per heavy atom. The second-order valence-electron chi connectivity index (χ2n) is 6.68. The predicted molar refractivity (Wildman–Crippen MR) is 108 cm³/mol. The third kappa shape index (κ3) is 4.61. The second-order valence-corrected chi connectivity index (χ2v) is 6.68. The van der Waals surface area contributed by atoms with E-state index in [-0.39, 0.29) is 11.9 Å². The number of para-hydroxylation sites is 2. The van der Waals surface area contributed by atoms with Crippen molar-refractivity contribution in [1.29, 1.82) is 0 Å². The van der Waals surface area contributed by atoms with E-state index in [4.69, 9.17) is 4.74 Å². The molecule has 2 aromatic carbocycles. The third-order valence-electron chi connectivity index (χ3n) is 4.77. The smallest absolute Gasteiger partial charge is 0.319 e. The molecule has 28 heavy (non-hydrogen) atoms. The summed E-state index contributed by atoms with van der Waals surface area (Å²) in [5, 5.41) is 8.80. The number of benzene rings is 2. The molecule has 3 rings (SSSR count). The van der Waals surface area contributed by atoms with Gasteiger partial charge in [-0.3, -0.25) is 4.79 Å². The minimum Gasteiger partial charge on any atom is -0.496 e. The van der Waals surface area contributed by atoms with Gasteiger partial charge >= 0.3 is 6.03 Å². The van der Waals surface area contributed by atoms with Gasteiger partial charge in [-0.2, -0.15) is 0 Å². The Bertz CT molecular complexity index is 812. The molecule has 0 aliphatic carbocycles. The van der Waals surface area contributed by atoms with Crippen LogP contribution in [-0.2, 0) is 4.79 Å². The topological polar surface area (TPSA) is 82.7 Å². The number of nitrogens with zero attached hydrogens (tertiary/aromatic N) is 1. The Kier molecular flexibility index (Phi) is 6.49. The van der Waals surface area contributed by atoms with Gasteiger partial charge in [0.15, 0.2) is 0 Å². The Morgan fingerprint density at radius 3 is 2.61 bits per heavy atom. The van der Waals surface area contributed by atoms with Gasteiger partial charge in [-0.25, -0.2) is 4.79 Å². The molecule has 0 spiro atoms. The fourth-order valence-corrected chi connectivity index (χ4v) is 3.38. The van der Waals surface area contributed by atoms with Crippen molar-refractivity contribution in [1.82, 2.24) is 15.5 Å². The molecule has 0 saturated carbocycles. The van der Waals surface area contributed by atoms with Gasteiger partial charge < -0.3 is 25.6 Å². The zero-order valence-corrected chi connectivity index (χ0v) is 16.1. The van der Waals surface area contributed by atoms with Crippen molar-refractivity contribution in [2.24, 2.45) is 0 Å². The number of amides is 3. The number of carbonyl (C=O) groups is 2. The molecule has 1 fully saturated rings. The minimum absolute atomic E-state index is 0.124. The normalized spacial score (nSPS) is 17.5. The molecule has 7 heteroatoms. The van der Waals surface area contributed by atoms with Crippen LogP contribution in [0.4, 0.5) is 10.5 Å². The van der Waals surface area contributed by atoms with Crippen molar-refractivity contribution < 1.29 is 14.3 Å². The highest BCUT2D eigenvalue weighted by atomic mass is 16.5. The number of anilines is 1. The van der Waals surface area contributed by atoms with Gasteiger partial charge in [0.1, 0.15) is 11.8 Å². The molecular formula is C21H26N4O3. The van der Waals surface area contributed by atoms with Crippen LogP contribution in [0.25, 0.3) is 0 Å². The van der Waals surface area contributed by atoms with Crippen molar-refractivity contribution in [2.75, 3.05) is 32.1 Å². The molecule has 1 aliphatic heterocycles. The van der Waals surface area contributed by atoms with Crippen molar-refractivity contribution >= 4 is 17.6 Å². The molecule has 0 radical (unpaired) electrons. The van der Waals surface area contributed by atoms with Crippen LogP contribution in [0.15, 0.2) is 54.6 Å². The Hall–Kier alpha value is -3.06. The lowest BCUT2D eigenvalue weighted by Crippen LogP contribution is -2.55. The highest BCUT2D eigenvalue weighted by Crippen LogP contribution is 2.30. The van der Waals surface area contributed by atoms with Crippen LogP contribution in [0.2, 0.25) is 0 Å². The van der Waals surface area contributed by atoms with Crippen LogP contribution in [-0.4, -0.2) is 49.6 Å². The summed E-state index contributed by atoms with van der Waals surface area (Å²) in [6, 6.07) is 15.6. The quantitative estimate of drug-likeness (QED) is 0.742. The second kappa shape index (κ2) is 9.23. The fraction of sp³-hybridized carbons (Fsp3) is 0.333. The Morgan fingerprint density at radius 1 is 1.14 bits per heavy atom. The fourth-order valence-electron chi connectivity index (χ4n) is 3.38. The third-order valence-corrected chi connectivity index (χ3v) is 4.77. The van der Waals surface area contributed by atoms with Gasteiger partial charge in [0.05, 0.1) is 13.2 Å². The lowest BCUT2D eigenvalue weighted by Gasteiger charge is -2.38. The van der Waals surface area contributed by atoms with Crippen molar-refractivity contribution in [3.63, 3.8) is 0 Å². The summed E-state index contributed by atoms with van der Waals surface area (Å²) in [5.41, 5.74) is 1.63. The predicted octanol–water partition coefficient (Wildman–Crippen LogP) is 2.38. The molecule has 148 valence electrons. The number of rotatable bonds is 5. The highest BCUT2D eigenvalue weighted by molar-refractivity contribution is 5.93. The van der Waals surface area contributed by atoms with E-state index in [2.05, 4.69) is 16.0 Å². The lowest BCUT2D eigenvalue weighted by molar-refractivity contribution is -0.136. The summed E-state index contributed by atoms with van der Waals surface area (Å²) in [4.78, 5) is 27.1. The lowest BCUT2D eigenvalue weighted by atomic mass is 10.0. The van der Waals surface area contributed by atoms with Crippen molar-refractivity contribution in [2.45, 2.75) is 19.0 Å². The molecule has 2 aromatic rings. The standard InChI is InChI=1S/C21H26N4O3/c1-15(23-21(27)24-16-8-4-3-5-9-16)20(26)25-13-12-22-14-18(25)17-10-6-7-11-19(17)28-2/h3-11,15,18,22H,12-14H2,1-2H3,(H2,23,24,27). The number of piperazine rings is 1. The van der Waals surface area contributed by atoms with E-state index >= 15 is 0 Å². The van der Waals surface area contributed by atoms with Crippen molar-refractivity contribution in [3.05, 3.63) is 60.2 Å². The first-order chi connectivity index (χ1) is 13.6. The van der Waals surface area contributed by atoms with E-state index in [0.29, 0.717) is 25.3 Å². The molecule has 2 unspecified atom stereocenters. The van der Waals surface area contributed by atoms with Gasteiger partial charge in [0.2, 0.25) is 5.91 Å². The van der Waals surface area contributed by atoms with E-state index in [9.17, 15) is 9.59 Å². The van der Waals surface area contributed by atoms with E-state index in [1.165, 1.54) is 0 Å². The number of urea groups is 1. The number of methoxy groups -OCH3 is 1. The van der Waals surface area contributed by atoms with E-state index in [1.54, 1.807) is 26.2 Å². The molecule has 0 bridgehead atoms. The SMILES string of the molecule is COc1ccccc1C1CNCCN1C(=O)C(C)NC(=O)Nc1ccccc1. The summed E-state index contributed by atoms with van der Waals surface area (Å²) in [6.07, 6.45) is 0. The molecule has 3 N–H and O–H groups in total. The van der Waals surface area contributed by atoms with Crippen LogP contribution >= 0.6 is 0 Å². The maximum Gasteiger partial charge on any atom is 0.319 e. The number of nitrogens with one attached hydrogen (secondary N) is 3. The zero-order valence-electron chi connectivity index (χ0n) is 16.1. The Labute approximate surface area is 165 Å². The summed E-state index contributed by atoms with van der Waals surface area (Å²) in [5.74, 6) is 0.622. The van der Waals surface area contributed by atoms with E-state index in [0.717, 1.165) is 11.3 Å². The maximum atomic E-state index is 13.1. The first-order valence-electron chi connectivity index (χ1n) is 9.37. The van der Waals surface area contributed by atoms with Gasteiger partial charge in [-0.05, 0) is 25.1 Å². The molecule has 2 atom stereocenters.